The van der Waals surface area contributed by atoms with Crippen molar-refractivity contribution < 1.29 is 22.9 Å². The number of phenolic OH excluding ortho intramolecular Hbond substituents is 1. The summed E-state index contributed by atoms with van der Waals surface area (Å²) in [7, 11) is -4.69. The number of rotatable bonds is 7. The maximum absolute atomic E-state index is 12.1. The molecular formula is C15H19ClN4O5S. The van der Waals surface area contributed by atoms with Crippen molar-refractivity contribution in [1.29, 1.82) is 0 Å². The number of phenols is 1. The fraction of sp³-hybridized carbons (Fsp3) is 0.400. The summed E-state index contributed by atoms with van der Waals surface area (Å²) in [4.78, 5) is 11.3. The van der Waals surface area contributed by atoms with Gasteiger partial charge >= 0.3 is 0 Å². The Labute approximate surface area is 155 Å². The van der Waals surface area contributed by atoms with Crippen molar-refractivity contribution in [3.63, 3.8) is 0 Å². The predicted molar refractivity (Wildman–Crippen MR) is 98.5 cm³/mol. The lowest BCUT2D eigenvalue weighted by Gasteiger charge is -2.13. The summed E-state index contributed by atoms with van der Waals surface area (Å²) in [6.07, 6.45) is 1.68. The number of carbonyl (C=O) groups is 1. The van der Waals surface area contributed by atoms with E-state index in [-0.39, 0.29) is 17.1 Å². The standard InChI is InChI=1S/C15H19ClN4O5S/c1-2-9-7-11(20-19-9)10(17)3-4-14(21)18-12-5-8(16)6-13(15(12)22)26(23,24)25/h5-6,10,22H,2-4,7,17H2,1H3,(H,18,21)(H,23,24,25)/t10-/m0/s1. The van der Waals surface area contributed by atoms with Gasteiger partial charge in [-0.2, -0.15) is 18.6 Å². The van der Waals surface area contributed by atoms with Gasteiger partial charge in [-0.3, -0.25) is 9.35 Å². The second kappa shape index (κ2) is 8.12. The smallest absolute Gasteiger partial charge is 0.298 e. The Hall–Kier alpha value is -2.01. The molecule has 5 N–H and O–H groups in total. The summed E-state index contributed by atoms with van der Waals surface area (Å²) in [5.41, 5.74) is 7.42. The van der Waals surface area contributed by atoms with E-state index in [1.807, 2.05) is 6.92 Å². The third-order valence-electron chi connectivity index (χ3n) is 3.82. The number of nitrogens with one attached hydrogen (secondary N) is 1. The van der Waals surface area contributed by atoms with Gasteiger partial charge in [0.25, 0.3) is 10.1 Å². The number of benzene rings is 1. The van der Waals surface area contributed by atoms with Crippen molar-refractivity contribution in [2.75, 3.05) is 5.32 Å². The lowest BCUT2D eigenvalue weighted by atomic mass is 10.0. The van der Waals surface area contributed by atoms with Crippen LogP contribution < -0.4 is 11.1 Å². The number of amides is 1. The minimum absolute atomic E-state index is 0.00874. The van der Waals surface area contributed by atoms with Crippen LogP contribution in [0.4, 0.5) is 5.69 Å². The number of carbonyl (C=O) groups excluding carboxylic acids is 1. The lowest BCUT2D eigenvalue weighted by molar-refractivity contribution is -0.116. The molecule has 2 rings (SSSR count). The monoisotopic (exact) mass is 402 g/mol. The van der Waals surface area contributed by atoms with Crippen LogP contribution in [0.25, 0.3) is 0 Å². The summed E-state index contributed by atoms with van der Waals surface area (Å²) in [6, 6.07) is 1.61. The van der Waals surface area contributed by atoms with Crippen molar-refractivity contribution in [2.45, 2.75) is 43.5 Å². The Kier molecular flexibility index (Phi) is 6.34. The Morgan fingerprint density at radius 2 is 2.12 bits per heavy atom. The van der Waals surface area contributed by atoms with Crippen molar-refractivity contribution in [3.8, 4) is 5.75 Å². The molecule has 1 amide bonds. The number of nitrogens with two attached hydrogens (primary N) is 1. The van der Waals surface area contributed by atoms with Gasteiger partial charge in [-0.25, -0.2) is 0 Å². The molecule has 0 aromatic heterocycles. The first-order chi connectivity index (χ1) is 12.1. The van der Waals surface area contributed by atoms with Crippen molar-refractivity contribution >= 4 is 44.7 Å². The average molecular weight is 403 g/mol. The van der Waals surface area contributed by atoms with Crippen LogP contribution in [0.1, 0.15) is 32.6 Å². The topological polar surface area (TPSA) is 154 Å². The van der Waals surface area contributed by atoms with Gasteiger partial charge in [0.2, 0.25) is 5.91 Å². The lowest BCUT2D eigenvalue weighted by Crippen LogP contribution is -2.31. The number of anilines is 1. The zero-order valence-electron chi connectivity index (χ0n) is 13.9. The van der Waals surface area contributed by atoms with Crippen LogP contribution in [0, 0.1) is 0 Å². The van der Waals surface area contributed by atoms with E-state index in [4.69, 9.17) is 21.9 Å². The quantitative estimate of drug-likeness (QED) is 0.403. The molecule has 142 valence electrons. The maximum atomic E-state index is 12.1. The van der Waals surface area contributed by atoms with E-state index in [2.05, 4.69) is 15.5 Å². The number of hydrogen-bond donors (Lipinski definition) is 4. The Balaban J connectivity index is 2.00. The van der Waals surface area contributed by atoms with Gasteiger partial charge in [-0.15, -0.1) is 0 Å². The van der Waals surface area contributed by atoms with E-state index >= 15 is 0 Å². The summed E-state index contributed by atoms with van der Waals surface area (Å²) >= 11 is 5.77. The highest BCUT2D eigenvalue weighted by Gasteiger charge is 2.22. The number of halogens is 1. The van der Waals surface area contributed by atoms with Gasteiger partial charge < -0.3 is 16.2 Å². The first-order valence-corrected chi connectivity index (χ1v) is 9.61. The SMILES string of the molecule is CCC1=NN=C([C@@H](N)CCC(=O)Nc2cc(Cl)cc(S(=O)(=O)O)c2O)C1. The normalized spacial score (nSPS) is 15.4. The molecule has 0 spiro atoms. The molecule has 1 heterocycles. The highest BCUT2D eigenvalue weighted by atomic mass is 35.5. The second-order valence-electron chi connectivity index (χ2n) is 5.76. The fourth-order valence-electron chi connectivity index (χ4n) is 2.35. The van der Waals surface area contributed by atoms with E-state index in [1.54, 1.807) is 0 Å². The zero-order chi connectivity index (χ0) is 19.5. The van der Waals surface area contributed by atoms with Gasteiger partial charge in [-0.05, 0) is 25.0 Å². The van der Waals surface area contributed by atoms with Crippen LogP contribution in [-0.2, 0) is 14.9 Å². The Bertz CT molecular complexity index is 882. The molecule has 1 atom stereocenters. The molecule has 1 aromatic rings. The fourth-order valence-corrected chi connectivity index (χ4v) is 3.26. The van der Waals surface area contributed by atoms with Crippen LogP contribution in [-0.4, -0.2) is 41.4 Å². The largest absolute Gasteiger partial charge is 0.504 e. The summed E-state index contributed by atoms with van der Waals surface area (Å²) in [5, 5.41) is 20.2. The summed E-state index contributed by atoms with van der Waals surface area (Å²) < 4.78 is 31.6. The van der Waals surface area contributed by atoms with Crippen LogP contribution >= 0.6 is 11.6 Å². The maximum Gasteiger partial charge on any atom is 0.298 e. The first-order valence-electron chi connectivity index (χ1n) is 7.79. The van der Waals surface area contributed by atoms with Gasteiger partial charge in [0, 0.05) is 29.6 Å². The average Bonchev–Trinajstić information content (AvgIpc) is 3.04. The number of aromatic hydroxyl groups is 1. The molecule has 26 heavy (non-hydrogen) atoms. The van der Waals surface area contributed by atoms with Gasteiger partial charge in [0.05, 0.1) is 11.4 Å². The highest BCUT2D eigenvalue weighted by Crippen LogP contribution is 2.34. The van der Waals surface area contributed by atoms with Gasteiger partial charge in [0.15, 0.2) is 5.75 Å². The van der Waals surface area contributed by atoms with Crippen molar-refractivity contribution in [2.24, 2.45) is 15.9 Å². The summed E-state index contributed by atoms with van der Waals surface area (Å²) in [6.45, 7) is 1.97. The van der Waals surface area contributed by atoms with E-state index < -0.39 is 32.7 Å². The zero-order valence-corrected chi connectivity index (χ0v) is 15.5. The molecule has 11 heteroatoms. The molecule has 0 saturated heterocycles. The van der Waals surface area contributed by atoms with Crippen molar-refractivity contribution in [3.05, 3.63) is 17.2 Å². The van der Waals surface area contributed by atoms with Crippen LogP contribution in [0.15, 0.2) is 27.2 Å². The van der Waals surface area contributed by atoms with Gasteiger partial charge in [-0.1, -0.05) is 18.5 Å². The molecule has 1 aromatic carbocycles. The molecule has 0 radical (unpaired) electrons. The third kappa shape index (κ3) is 5.01. The second-order valence-corrected chi connectivity index (χ2v) is 7.58. The number of nitrogens with zero attached hydrogens (tertiary/aromatic N) is 2. The molecule has 0 unspecified atom stereocenters. The van der Waals surface area contributed by atoms with E-state index in [0.29, 0.717) is 18.6 Å². The molecule has 0 aliphatic carbocycles. The van der Waals surface area contributed by atoms with Crippen LogP contribution in [0.3, 0.4) is 0 Å². The van der Waals surface area contributed by atoms with Crippen LogP contribution in [0.5, 0.6) is 5.75 Å². The minimum atomic E-state index is -4.69. The minimum Gasteiger partial charge on any atom is -0.504 e. The van der Waals surface area contributed by atoms with E-state index in [9.17, 15) is 18.3 Å². The van der Waals surface area contributed by atoms with Gasteiger partial charge in [0.1, 0.15) is 4.90 Å². The van der Waals surface area contributed by atoms with Crippen molar-refractivity contribution in [1.82, 2.24) is 0 Å². The molecule has 0 saturated carbocycles. The van der Waals surface area contributed by atoms with E-state index in [0.717, 1.165) is 18.2 Å². The predicted octanol–water partition coefficient (Wildman–Crippen LogP) is 1.95. The Morgan fingerprint density at radius 3 is 2.69 bits per heavy atom. The Morgan fingerprint density at radius 1 is 1.42 bits per heavy atom. The third-order valence-corrected chi connectivity index (χ3v) is 4.90. The van der Waals surface area contributed by atoms with Crippen LogP contribution in [0.2, 0.25) is 5.02 Å². The molecule has 0 fully saturated rings. The molecule has 1 aliphatic heterocycles. The summed E-state index contributed by atoms with van der Waals surface area (Å²) in [5.74, 6) is -1.30. The van der Waals surface area contributed by atoms with E-state index in [1.165, 1.54) is 6.07 Å². The molecule has 9 nitrogen and oxygen atoms in total. The molecule has 0 bridgehead atoms. The highest BCUT2D eigenvalue weighted by molar-refractivity contribution is 7.86. The molecule has 1 aliphatic rings. The molecular weight excluding hydrogens is 384 g/mol. The number of hydrogen-bond acceptors (Lipinski definition) is 7. The first kappa shape index (κ1) is 20.3.